The molecule has 1 aliphatic carbocycles. The molecule has 0 spiro atoms. The molecule has 1 saturated carbocycles. The average Bonchev–Trinajstić information content (AvgIpc) is 3.41. The van der Waals surface area contributed by atoms with Gasteiger partial charge in [-0.15, -0.1) is 5.10 Å². The summed E-state index contributed by atoms with van der Waals surface area (Å²) in [7, 11) is 1.53. The van der Waals surface area contributed by atoms with Crippen molar-refractivity contribution in [3.05, 3.63) is 77.5 Å². The number of Topliss-reactive ketones (excluding diaryl/α,β-unsaturated/α-hetero) is 1. The molecule has 10 nitrogen and oxygen atoms in total. The Balaban J connectivity index is 1.29. The zero-order valence-electron chi connectivity index (χ0n) is 23.6. The number of nitrogens with two attached hydrogens (primary N) is 1. The standard InChI is InChI=1S/C31H29FN6O4S/c1-30(38-12-11-34-37-38)16-42-28-21(30)15-25(35-26(28)17-3-7-20(32)8-4-17)31(40,19-5-6-19)10-9-22(39)18-13-23(41-2)27-24(14-18)43-29(33)36-27/h3-4,7-8,11-15,19,40H,5-6,9-10,16H2,1-2H3,(H2,33,36)/t30-,31+/m0/s1. The van der Waals surface area contributed by atoms with Crippen molar-refractivity contribution in [2.75, 3.05) is 19.5 Å². The predicted octanol–water partition coefficient (Wildman–Crippen LogP) is 5.10. The van der Waals surface area contributed by atoms with Gasteiger partial charge in [-0.05, 0) is 74.6 Å². The summed E-state index contributed by atoms with van der Waals surface area (Å²) in [6, 6.07) is 11.3. The van der Waals surface area contributed by atoms with Gasteiger partial charge < -0.3 is 20.3 Å². The smallest absolute Gasteiger partial charge is 0.181 e. The van der Waals surface area contributed by atoms with Crippen LogP contribution < -0.4 is 15.2 Å². The van der Waals surface area contributed by atoms with E-state index in [0.29, 0.717) is 44.7 Å². The van der Waals surface area contributed by atoms with Crippen LogP contribution in [0.2, 0.25) is 0 Å². The summed E-state index contributed by atoms with van der Waals surface area (Å²) in [6.07, 6.45) is 5.24. The lowest BCUT2D eigenvalue weighted by Crippen LogP contribution is -2.35. The van der Waals surface area contributed by atoms with Gasteiger partial charge in [-0.25, -0.2) is 19.0 Å². The Hall–Kier alpha value is -4.42. The van der Waals surface area contributed by atoms with Crippen molar-refractivity contribution in [3.8, 4) is 22.8 Å². The van der Waals surface area contributed by atoms with Crippen LogP contribution in [0.15, 0.2) is 54.9 Å². The number of ketones is 1. The van der Waals surface area contributed by atoms with Crippen molar-refractivity contribution >= 4 is 32.5 Å². The minimum absolute atomic E-state index is 0.0647. The minimum atomic E-state index is -1.38. The van der Waals surface area contributed by atoms with Crippen molar-refractivity contribution < 1.29 is 23.8 Å². The van der Waals surface area contributed by atoms with Crippen LogP contribution in [-0.2, 0) is 11.1 Å². The summed E-state index contributed by atoms with van der Waals surface area (Å²) in [4.78, 5) is 22.8. The largest absolute Gasteiger partial charge is 0.494 e. The van der Waals surface area contributed by atoms with E-state index in [4.69, 9.17) is 20.2 Å². The third-order valence-electron chi connectivity index (χ3n) is 8.54. The molecule has 220 valence electrons. The van der Waals surface area contributed by atoms with Crippen molar-refractivity contribution in [2.24, 2.45) is 5.92 Å². The molecule has 2 atom stereocenters. The third kappa shape index (κ3) is 4.61. The number of nitrogens with zero attached hydrogens (tertiary/aromatic N) is 5. The Morgan fingerprint density at radius 3 is 2.74 bits per heavy atom. The number of carbonyl (C=O) groups is 1. The Morgan fingerprint density at radius 2 is 2.05 bits per heavy atom. The van der Waals surface area contributed by atoms with Gasteiger partial charge in [0.25, 0.3) is 0 Å². The van der Waals surface area contributed by atoms with E-state index in [-0.39, 0.29) is 37.0 Å². The number of methoxy groups -OCH3 is 1. The Morgan fingerprint density at radius 1 is 1.26 bits per heavy atom. The van der Waals surface area contributed by atoms with E-state index >= 15 is 0 Å². The number of rotatable bonds is 9. The van der Waals surface area contributed by atoms with Crippen molar-refractivity contribution in [1.29, 1.82) is 0 Å². The van der Waals surface area contributed by atoms with Gasteiger partial charge in [0.05, 0.1) is 23.7 Å². The fourth-order valence-corrected chi connectivity index (χ4v) is 6.73. The van der Waals surface area contributed by atoms with E-state index in [1.807, 2.05) is 13.0 Å². The van der Waals surface area contributed by atoms with E-state index in [1.165, 1.54) is 30.6 Å². The highest BCUT2D eigenvalue weighted by Gasteiger charge is 2.49. The molecule has 5 aromatic rings. The maximum absolute atomic E-state index is 13.9. The molecule has 0 saturated heterocycles. The first kappa shape index (κ1) is 27.4. The lowest BCUT2D eigenvalue weighted by atomic mass is 9.83. The number of thiazole rings is 1. The summed E-state index contributed by atoms with van der Waals surface area (Å²) in [5.41, 5.74) is 7.26. The van der Waals surface area contributed by atoms with Gasteiger partial charge in [0, 0.05) is 29.3 Å². The lowest BCUT2D eigenvalue weighted by Gasteiger charge is -2.30. The molecule has 3 N–H and O–H groups in total. The van der Waals surface area contributed by atoms with Crippen LogP contribution in [0.5, 0.6) is 11.5 Å². The number of benzene rings is 2. The maximum atomic E-state index is 13.9. The molecule has 0 unspecified atom stereocenters. The second kappa shape index (κ2) is 10.1. The molecule has 43 heavy (non-hydrogen) atoms. The second-order valence-electron chi connectivity index (χ2n) is 11.3. The molecule has 12 heteroatoms. The highest BCUT2D eigenvalue weighted by atomic mass is 32.1. The summed E-state index contributed by atoms with van der Waals surface area (Å²) in [5.74, 6) is 0.454. The van der Waals surface area contributed by atoms with Gasteiger partial charge >= 0.3 is 0 Å². The number of hydrogen-bond donors (Lipinski definition) is 2. The predicted molar refractivity (Wildman–Crippen MR) is 159 cm³/mol. The first-order chi connectivity index (χ1) is 20.7. The zero-order valence-corrected chi connectivity index (χ0v) is 24.4. The molecule has 3 aromatic heterocycles. The van der Waals surface area contributed by atoms with Crippen LogP contribution >= 0.6 is 11.3 Å². The van der Waals surface area contributed by atoms with Gasteiger partial charge in [-0.2, -0.15) is 0 Å². The summed E-state index contributed by atoms with van der Waals surface area (Å²) in [5, 5.41) is 21.0. The highest BCUT2D eigenvalue weighted by molar-refractivity contribution is 7.22. The first-order valence-electron chi connectivity index (χ1n) is 14.0. The minimum Gasteiger partial charge on any atom is -0.494 e. The maximum Gasteiger partial charge on any atom is 0.181 e. The normalized spacial score (nSPS) is 19.2. The van der Waals surface area contributed by atoms with Gasteiger partial charge in [0.1, 0.15) is 40.5 Å². The summed E-state index contributed by atoms with van der Waals surface area (Å²) < 4.78 is 28.0. The van der Waals surface area contributed by atoms with Crippen molar-refractivity contribution in [3.63, 3.8) is 0 Å². The number of aliphatic hydroxyl groups is 1. The fourth-order valence-electron chi connectivity index (χ4n) is 5.94. The highest BCUT2D eigenvalue weighted by Crippen LogP contribution is 2.52. The van der Waals surface area contributed by atoms with Crippen LogP contribution in [0.4, 0.5) is 9.52 Å². The molecule has 2 aliphatic rings. The number of halogens is 1. The van der Waals surface area contributed by atoms with Gasteiger partial charge in [-0.3, -0.25) is 4.79 Å². The molecule has 0 bridgehead atoms. The molecule has 1 fully saturated rings. The first-order valence-corrected chi connectivity index (χ1v) is 14.8. The van der Waals surface area contributed by atoms with Crippen LogP contribution in [0.3, 0.4) is 0 Å². The number of ether oxygens (including phenoxy) is 2. The zero-order chi connectivity index (χ0) is 29.9. The second-order valence-corrected chi connectivity index (χ2v) is 12.4. The van der Waals surface area contributed by atoms with Crippen LogP contribution in [-0.4, -0.2) is 49.6 Å². The number of anilines is 1. The van der Waals surface area contributed by atoms with Crippen LogP contribution in [0.1, 0.15) is 54.2 Å². The molecular weight excluding hydrogens is 571 g/mol. The van der Waals surface area contributed by atoms with Gasteiger partial charge in [-0.1, -0.05) is 16.6 Å². The van der Waals surface area contributed by atoms with E-state index < -0.39 is 11.1 Å². The Kier molecular flexibility index (Phi) is 6.44. The monoisotopic (exact) mass is 600 g/mol. The van der Waals surface area contributed by atoms with E-state index in [0.717, 1.165) is 23.1 Å². The molecular formula is C31H29FN6O4S. The number of nitrogen functional groups attached to an aromatic ring is 1. The van der Waals surface area contributed by atoms with E-state index in [2.05, 4.69) is 15.3 Å². The molecule has 7 rings (SSSR count). The average molecular weight is 601 g/mol. The number of hydrogen-bond acceptors (Lipinski definition) is 10. The van der Waals surface area contributed by atoms with Crippen molar-refractivity contribution in [1.82, 2.24) is 25.0 Å². The number of aromatic nitrogens is 5. The van der Waals surface area contributed by atoms with Crippen molar-refractivity contribution in [2.45, 2.75) is 43.7 Å². The quantitative estimate of drug-likeness (QED) is 0.221. The van der Waals surface area contributed by atoms with Crippen LogP contribution in [0, 0.1) is 11.7 Å². The van der Waals surface area contributed by atoms with E-state index in [9.17, 15) is 14.3 Å². The fraction of sp³-hybridized carbons (Fsp3) is 0.323. The van der Waals surface area contributed by atoms with Crippen LogP contribution in [0.25, 0.3) is 21.5 Å². The summed E-state index contributed by atoms with van der Waals surface area (Å²) in [6.45, 7) is 2.26. The molecule has 0 radical (unpaired) electrons. The van der Waals surface area contributed by atoms with E-state index in [1.54, 1.807) is 41.3 Å². The molecule has 1 aliphatic heterocycles. The Bertz CT molecular complexity index is 1860. The number of carbonyl (C=O) groups excluding carboxylic acids is 1. The lowest BCUT2D eigenvalue weighted by molar-refractivity contribution is -0.00118. The summed E-state index contributed by atoms with van der Waals surface area (Å²) >= 11 is 1.29. The third-order valence-corrected chi connectivity index (χ3v) is 9.38. The van der Waals surface area contributed by atoms with Gasteiger partial charge in [0.2, 0.25) is 0 Å². The molecule has 0 amide bonds. The van der Waals surface area contributed by atoms with Gasteiger partial charge in [0.15, 0.2) is 16.7 Å². The molecule has 2 aromatic carbocycles. The number of pyridine rings is 1. The number of fused-ring (bicyclic) bond motifs is 2. The topological polar surface area (TPSA) is 138 Å². The SMILES string of the molecule is COc1cc(C(=O)CC[C@](O)(c2cc3c(c(-c4ccc(F)cc4)n2)OC[C@]3(C)n2ccnn2)C2CC2)cc2sc(N)nc12. The molecule has 4 heterocycles. The Labute approximate surface area is 250 Å².